The van der Waals surface area contributed by atoms with E-state index in [0.29, 0.717) is 31.9 Å². The number of methoxy groups -OCH3 is 3. The van der Waals surface area contributed by atoms with Crippen LogP contribution >= 0.6 is 0 Å². The van der Waals surface area contributed by atoms with Crippen LogP contribution in [0.2, 0.25) is 0 Å². The van der Waals surface area contributed by atoms with Gasteiger partial charge < -0.3 is 24.8 Å². The summed E-state index contributed by atoms with van der Waals surface area (Å²) >= 11 is 0. The molecular formula is C14H23N3O3. The molecule has 6 heteroatoms. The van der Waals surface area contributed by atoms with E-state index in [-0.39, 0.29) is 5.84 Å². The molecule has 1 aromatic carbocycles. The van der Waals surface area contributed by atoms with Crippen LogP contribution in [-0.4, -0.2) is 53.5 Å². The SMILES string of the molecule is COCCN(CCOC)c1cc(OC)ccc1C(=N)N. The van der Waals surface area contributed by atoms with Crippen molar-refractivity contribution in [2.45, 2.75) is 0 Å². The molecule has 0 aliphatic rings. The van der Waals surface area contributed by atoms with E-state index in [1.165, 1.54) is 0 Å². The van der Waals surface area contributed by atoms with Crippen LogP contribution < -0.4 is 15.4 Å². The molecule has 0 fully saturated rings. The Labute approximate surface area is 119 Å². The first-order valence-electron chi connectivity index (χ1n) is 6.39. The summed E-state index contributed by atoms with van der Waals surface area (Å²) < 4.78 is 15.5. The van der Waals surface area contributed by atoms with Crippen molar-refractivity contribution in [3.8, 4) is 5.75 Å². The van der Waals surface area contributed by atoms with Crippen LogP contribution in [0, 0.1) is 5.41 Å². The molecule has 0 atom stereocenters. The lowest BCUT2D eigenvalue weighted by atomic mass is 10.1. The molecule has 0 aromatic heterocycles. The molecule has 1 rings (SSSR count). The number of anilines is 1. The van der Waals surface area contributed by atoms with Crippen LogP contribution in [0.15, 0.2) is 18.2 Å². The number of benzene rings is 1. The average Bonchev–Trinajstić information content (AvgIpc) is 2.46. The monoisotopic (exact) mass is 281 g/mol. The number of nitrogen functional groups attached to an aromatic ring is 1. The van der Waals surface area contributed by atoms with Gasteiger partial charge in [0.2, 0.25) is 0 Å². The van der Waals surface area contributed by atoms with Crippen LogP contribution in [0.25, 0.3) is 0 Å². The van der Waals surface area contributed by atoms with Crippen LogP contribution in [0.1, 0.15) is 5.56 Å². The number of nitrogens with one attached hydrogen (secondary N) is 1. The summed E-state index contributed by atoms with van der Waals surface area (Å²) in [6, 6.07) is 5.47. The fourth-order valence-corrected chi connectivity index (χ4v) is 1.88. The Bertz CT molecular complexity index is 430. The van der Waals surface area contributed by atoms with E-state index in [2.05, 4.69) is 4.90 Å². The molecule has 112 valence electrons. The zero-order valence-electron chi connectivity index (χ0n) is 12.3. The van der Waals surface area contributed by atoms with Gasteiger partial charge in [-0.25, -0.2) is 0 Å². The number of rotatable bonds is 9. The third-order valence-electron chi connectivity index (χ3n) is 2.97. The molecule has 0 saturated carbocycles. The van der Waals surface area contributed by atoms with Crippen molar-refractivity contribution < 1.29 is 14.2 Å². The van der Waals surface area contributed by atoms with Gasteiger partial charge in [-0.2, -0.15) is 0 Å². The number of hydrogen-bond donors (Lipinski definition) is 2. The summed E-state index contributed by atoms with van der Waals surface area (Å²) in [5.74, 6) is 0.757. The highest BCUT2D eigenvalue weighted by Gasteiger charge is 2.14. The second-order valence-electron chi connectivity index (χ2n) is 4.27. The third kappa shape index (κ3) is 4.40. The molecule has 0 aliphatic heterocycles. The normalized spacial score (nSPS) is 10.3. The zero-order chi connectivity index (χ0) is 15.0. The molecule has 0 amide bonds. The van der Waals surface area contributed by atoms with Crippen molar-refractivity contribution in [1.82, 2.24) is 0 Å². The molecule has 3 N–H and O–H groups in total. The van der Waals surface area contributed by atoms with Crippen LogP contribution in [-0.2, 0) is 9.47 Å². The zero-order valence-corrected chi connectivity index (χ0v) is 12.3. The first kappa shape index (κ1) is 16.3. The highest BCUT2D eigenvalue weighted by atomic mass is 16.5. The molecule has 0 radical (unpaired) electrons. The largest absolute Gasteiger partial charge is 0.497 e. The van der Waals surface area contributed by atoms with E-state index < -0.39 is 0 Å². The maximum Gasteiger partial charge on any atom is 0.124 e. The molecule has 0 heterocycles. The lowest BCUT2D eigenvalue weighted by Gasteiger charge is -2.26. The molecule has 0 unspecified atom stereocenters. The molecule has 1 aromatic rings. The number of amidine groups is 1. The van der Waals surface area contributed by atoms with Crippen molar-refractivity contribution >= 4 is 11.5 Å². The van der Waals surface area contributed by atoms with Gasteiger partial charge in [0.05, 0.1) is 26.0 Å². The van der Waals surface area contributed by atoms with Gasteiger partial charge in [0, 0.05) is 38.9 Å². The maximum absolute atomic E-state index is 7.70. The topological polar surface area (TPSA) is 80.8 Å². The van der Waals surface area contributed by atoms with Gasteiger partial charge in [0.1, 0.15) is 11.6 Å². The fourth-order valence-electron chi connectivity index (χ4n) is 1.88. The van der Waals surface area contributed by atoms with E-state index in [1.54, 1.807) is 33.5 Å². The summed E-state index contributed by atoms with van der Waals surface area (Å²) in [5, 5.41) is 7.70. The van der Waals surface area contributed by atoms with Crippen LogP contribution in [0.4, 0.5) is 5.69 Å². The molecule has 0 bridgehead atoms. The Hall–Kier alpha value is -1.79. The van der Waals surface area contributed by atoms with Gasteiger partial charge >= 0.3 is 0 Å². The van der Waals surface area contributed by atoms with Gasteiger partial charge in [0.25, 0.3) is 0 Å². The summed E-state index contributed by atoms with van der Waals surface area (Å²) in [6.45, 7) is 2.54. The average molecular weight is 281 g/mol. The van der Waals surface area contributed by atoms with Crippen LogP contribution in [0.5, 0.6) is 5.75 Å². The first-order valence-corrected chi connectivity index (χ1v) is 6.39. The number of hydrogen-bond acceptors (Lipinski definition) is 5. The molecule has 0 spiro atoms. The Kier molecular flexibility index (Phi) is 6.83. The van der Waals surface area contributed by atoms with Gasteiger partial charge in [-0.05, 0) is 12.1 Å². The fraction of sp³-hybridized carbons (Fsp3) is 0.500. The summed E-state index contributed by atoms with van der Waals surface area (Å²) in [7, 11) is 4.93. The minimum Gasteiger partial charge on any atom is -0.497 e. The number of nitrogens with two attached hydrogens (primary N) is 1. The van der Waals surface area contributed by atoms with Gasteiger partial charge in [-0.15, -0.1) is 0 Å². The molecule has 0 aliphatic carbocycles. The predicted octanol–water partition coefficient (Wildman–Crippen LogP) is 1.08. The standard InChI is InChI=1S/C14H23N3O3/c1-18-8-6-17(7-9-19-2)13-10-11(20-3)4-5-12(13)14(15)16/h4-5,10H,6-9H2,1-3H3,(H3,15,16). The van der Waals surface area contributed by atoms with E-state index in [9.17, 15) is 0 Å². The number of nitrogens with zero attached hydrogens (tertiary/aromatic N) is 1. The van der Waals surface area contributed by atoms with Crippen molar-refractivity contribution in [2.75, 3.05) is 52.5 Å². The van der Waals surface area contributed by atoms with Crippen molar-refractivity contribution in [1.29, 1.82) is 5.41 Å². The quantitative estimate of drug-likeness (QED) is 0.523. The summed E-state index contributed by atoms with van der Waals surface area (Å²) in [6.07, 6.45) is 0. The lowest BCUT2D eigenvalue weighted by Crippen LogP contribution is -2.32. The minimum absolute atomic E-state index is 0.0301. The molecule has 0 saturated heterocycles. The van der Waals surface area contributed by atoms with E-state index in [1.807, 2.05) is 6.07 Å². The van der Waals surface area contributed by atoms with E-state index in [0.717, 1.165) is 11.4 Å². The molecular weight excluding hydrogens is 258 g/mol. The highest BCUT2D eigenvalue weighted by Crippen LogP contribution is 2.26. The summed E-state index contributed by atoms with van der Waals surface area (Å²) in [4.78, 5) is 2.08. The highest BCUT2D eigenvalue weighted by molar-refractivity contribution is 6.00. The van der Waals surface area contributed by atoms with Crippen molar-refractivity contribution in [3.05, 3.63) is 23.8 Å². The third-order valence-corrected chi connectivity index (χ3v) is 2.97. The Morgan fingerprint density at radius 1 is 1.15 bits per heavy atom. The minimum atomic E-state index is 0.0301. The van der Waals surface area contributed by atoms with Gasteiger partial charge in [0.15, 0.2) is 0 Å². The smallest absolute Gasteiger partial charge is 0.124 e. The van der Waals surface area contributed by atoms with Gasteiger partial charge in [-0.3, -0.25) is 5.41 Å². The van der Waals surface area contributed by atoms with E-state index >= 15 is 0 Å². The Balaban J connectivity index is 3.09. The first-order chi connectivity index (χ1) is 9.63. The van der Waals surface area contributed by atoms with Crippen LogP contribution in [0.3, 0.4) is 0 Å². The second kappa shape index (κ2) is 8.39. The molecule has 20 heavy (non-hydrogen) atoms. The van der Waals surface area contributed by atoms with Crippen molar-refractivity contribution in [3.63, 3.8) is 0 Å². The Morgan fingerprint density at radius 3 is 2.20 bits per heavy atom. The number of ether oxygens (including phenoxy) is 3. The lowest BCUT2D eigenvalue weighted by molar-refractivity contribution is 0.190. The molecule has 6 nitrogen and oxygen atoms in total. The summed E-state index contributed by atoms with van der Waals surface area (Å²) in [5.41, 5.74) is 7.19. The van der Waals surface area contributed by atoms with Gasteiger partial charge in [-0.1, -0.05) is 0 Å². The maximum atomic E-state index is 7.70. The van der Waals surface area contributed by atoms with E-state index in [4.69, 9.17) is 25.4 Å². The Morgan fingerprint density at radius 2 is 1.75 bits per heavy atom. The van der Waals surface area contributed by atoms with Crippen molar-refractivity contribution in [2.24, 2.45) is 5.73 Å². The predicted molar refractivity (Wildman–Crippen MR) is 80.0 cm³/mol. The second-order valence-corrected chi connectivity index (χ2v) is 4.27.